The average Bonchev–Trinajstić information content (AvgIpc) is 3.74. The molecule has 46 heavy (non-hydrogen) atoms. The molecule has 8 heteroatoms. The zero-order valence-corrected chi connectivity index (χ0v) is 25.2. The molecule has 4 aromatic carbocycles. The van der Waals surface area contributed by atoms with E-state index in [0.29, 0.717) is 49.0 Å². The number of amides is 2. The fraction of sp³-hybridized carbons (Fsp3) is 0.158. The van der Waals surface area contributed by atoms with Crippen LogP contribution in [0.1, 0.15) is 25.7 Å². The zero-order chi connectivity index (χ0) is 31.3. The Morgan fingerprint density at radius 1 is 0.478 bits per heavy atom. The molecule has 0 spiro atoms. The van der Waals surface area contributed by atoms with Crippen LogP contribution in [-0.2, 0) is 9.59 Å². The summed E-state index contributed by atoms with van der Waals surface area (Å²) in [5, 5.41) is 6.20. The van der Waals surface area contributed by atoms with Gasteiger partial charge in [-0.15, -0.1) is 0 Å². The van der Waals surface area contributed by atoms with Crippen molar-refractivity contribution in [2.24, 2.45) is 11.8 Å². The van der Waals surface area contributed by atoms with Crippen molar-refractivity contribution in [1.29, 1.82) is 0 Å². The van der Waals surface area contributed by atoms with Gasteiger partial charge in [0.1, 0.15) is 11.6 Å². The lowest BCUT2D eigenvalue weighted by molar-refractivity contribution is -0.125. The molecular formula is C38H34N6O2. The highest BCUT2D eigenvalue weighted by atomic mass is 16.2. The maximum Gasteiger partial charge on any atom is 0.228 e. The molecule has 2 heterocycles. The van der Waals surface area contributed by atoms with Crippen LogP contribution in [0.2, 0.25) is 0 Å². The molecule has 7 rings (SSSR count). The van der Waals surface area contributed by atoms with Crippen molar-refractivity contribution >= 4 is 23.5 Å². The number of benzene rings is 4. The van der Waals surface area contributed by atoms with E-state index in [9.17, 15) is 9.59 Å². The number of nitrogens with one attached hydrogen (secondary N) is 4. The van der Waals surface area contributed by atoms with Crippen LogP contribution in [0, 0.1) is 11.8 Å². The fourth-order valence-corrected chi connectivity index (χ4v) is 6.08. The Labute approximate surface area is 267 Å². The van der Waals surface area contributed by atoms with Gasteiger partial charge in [0.25, 0.3) is 0 Å². The van der Waals surface area contributed by atoms with Crippen LogP contribution in [0.25, 0.3) is 45.3 Å². The highest BCUT2D eigenvalue weighted by Crippen LogP contribution is 2.35. The number of imidazole rings is 2. The van der Waals surface area contributed by atoms with Crippen LogP contribution in [-0.4, -0.2) is 31.8 Å². The Balaban J connectivity index is 1.04. The normalized spacial score (nSPS) is 16.1. The summed E-state index contributed by atoms with van der Waals surface area (Å²) >= 11 is 0. The highest BCUT2D eigenvalue weighted by molar-refractivity contribution is 5.97. The van der Waals surface area contributed by atoms with Crippen molar-refractivity contribution in [1.82, 2.24) is 19.9 Å². The molecule has 6 aromatic rings. The molecule has 1 aliphatic rings. The number of hydrogen-bond acceptors (Lipinski definition) is 4. The monoisotopic (exact) mass is 606 g/mol. The van der Waals surface area contributed by atoms with Crippen LogP contribution in [0.15, 0.2) is 121 Å². The summed E-state index contributed by atoms with van der Waals surface area (Å²) in [5.41, 5.74) is 5.30. The number of hydrogen-bond donors (Lipinski definition) is 4. The second kappa shape index (κ2) is 13.1. The smallest absolute Gasteiger partial charge is 0.228 e. The number of carbonyl (C=O) groups excluding carboxylic acids is 2. The van der Waals surface area contributed by atoms with Gasteiger partial charge in [-0.2, -0.15) is 0 Å². The van der Waals surface area contributed by atoms with Gasteiger partial charge in [-0.1, -0.05) is 121 Å². The number of H-pyrrole nitrogens is 2. The summed E-state index contributed by atoms with van der Waals surface area (Å²) < 4.78 is 0. The van der Waals surface area contributed by atoms with E-state index >= 15 is 0 Å². The van der Waals surface area contributed by atoms with Crippen molar-refractivity contribution in [2.45, 2.75) is 25.7 Å². The molecule has 1 aliphatic carbocycles. The molecule has 4 N–H and O–H groups in total. The van der Waals surface area contributed by atoms with Gasteiger partial charge in [0.2, 0.25) is 11.8 Å². The predicted octanol–water partition coefficient (Wildman–Crippen LogP) is 8.18. The lowest BCUT2D eigenvalue weighted by Gasteiger charge is -2.26. The minimum atomic E-state index is -0.209. The molecule has 228 valence electrons. The van der Waals surface area contributed by atoms with E-state index in [2.05, 4.69) is 20.6 Å². The van der Waals surface area contributed by atoms with Gasteiger partial charge in [-0.25, -0.2) is 9.97 Å². The standard InChI is InChI=1S/C38H34N6O2/c45-37(43-35-31(25-13-5-1-6-14-25)39-33(41-35)27-17-9-3-10-18-27)29-21-23-30(24-22-29)38(46)44-36-32(26-15-7-2-8-16-26)40-34(42-36)28-19-11-4-12-20-28/h1-20,29-30H,21-24H2,(H,39,41)(H,40,42)(H,43,45)(H,44,46). The number of rotatable bonds is 8. The summed E-state index contributed by atoms with van der Waals surface area (Å²) in [6.07, 6.45) is 2.45. The van der Waals surface area contributed by atoms with E-state index in [4.69, 9.17) is 9.97 Å². The second-order valence-corrected chi connectivity index (χ2v) is 11.6. The Morgan fingerprint density at radius 2 is 0.783 bits per heavy atom. The predicted molar refractivity (Wildman–Crippen MR) is 182 cm³/mol. The fourth-order valence-electron chi connectivity index (χ4n) is 6.08. The summed E-state index contributed by atoms with van der Waals surface area (Å²) in [6.45, 7) is 0. The molecule has 2 amide bonds. The van der Waals surface area contributed by atoms with Gasteiger partial charge >= 0.3 is 0 Å². The Morgan fingerprint density at radius 3 is 1.11 bits per heavy atom. The largest absolute Gasteiger partial charge is 0.336 e. The summed E-state index contributed by atoms with van der Waals surface area (Å²) in [5.74, 6) is 1.84. The lowest BCUT2D eigenvalue weighted by Crippen LogP contribution is -2.32. The van der Waals surface area contributed by atoms with Crippen LogP contribution in [0.4, 0.5) is 11.6 Å². The first kappa shape index (κ1) is 29.0. The maximum atomic E-state index is 13.5. The summed E-state index contributed by atoms with van der Waals surface area (Å²) in [4.78, 5) is 43.4. The molecule has 2 aromatic heterocycles. The summed E-state index contributed by atoms with van der Waals surface area (Å²) in [7, 11) is 0. The molecule has 0 aliphatic heterocycles. The van der Waals surface area contributed by atoms with Crippen LogP contribution in [0.3, 0.4) is 0 Å². The van der Waals surface area contributed by atoms with Gasteiger partial charge in [0, 0.05) is 34.1 Å². The highest BCUT2D eigenvalue weighted by Gasteiger charge is 2.31. The van der Waals surface area contributed by atoms with Crippen molar-refractivity contribution in [2.75, 3.05) is 10.6 Å². The summed E-state index contributed by atoms with van der Waals surface area (Å²) in [6, 6.07) is 39.5. The van der Waals surface area contributed by atoms with E-state index < -0.39 is 0 Å². The van der Waals surface area contributed by atoms with Gasteiger partial charge in [0.15, 0.2) is 11.6 Å². The number of anilines is 2. The minimum absolute atomic E-state index is 0.0756. The topological polar surface area (TPSA) is 116 Å². The molecule has 0 radical (unpaired) electrons. The van der Waals surface area contributed by atoms with Crippen molar-refractivity contribution in [3.63, 3.8) is 0 Å². The molecular weight excluding hydrogens is 572 g/mol. The zero-order valence-electron chi connectivity index (χ0n) is 25.2. The van der Waals surface area contributed by atoms with E-state index in [1.165, 1.54) is 0 Å². The first-order valence-electron chi connectivity index (χ1n) is 15.7. The molecule has 0 bridgehead atoms. The van der Waals surface area contributed by atoms with E-state index in [1.807, 2.05) is 121 Å². The number of carbonyl (C=O) groups is 2. The lowest BCUT2D eigenvalue weighted by atomic mass is 9.81. The van der Waals surface area contributed by atoms with Crippen LogP contribution >= 0.6 is 0 Å². The SMILES string of the molecule is O=C(Nc1nc(-c2ccccc2)[nH]c1-c1ccccc1)C1CCC(C(=O)Nc2nc(-c3ccccc3)[nH]c2-c2ccccc2)CC1. The Bertz CT molecular complexity index is 1780. The molecule has 0 unspecified atom stereocenters. The molecule has 1 saturated carbocycles. The molecule has 8 nitrogen and oxygen atoms in total. The van der Waals surface area contributed by atoms with Gasteiger partial charge in [-0.3, -0.25) is 9.59 Å². The molecule has 0 saturated heterocycles. The quantitative estimate of drug-likeness (QED) is 0.140. The average molecular weight is 607 g/mol. The number of aromatic nitrogens is 4. The number of aromatic amines is 2. The first-order chi connectivity index (χ1) is 22.6. The third kappa shape index (κ3) is 6.23. The number of nitrogens with zero attached hydrogens (tertiary/aromatic N) is 2. The van der Waals surface area contributed by atoms with E-state index in [-0.39, 0.29) is 23.7 Å². The van der Waals surface area contributed by atoms with Gasteiger partial charge < -0.3 is 20.6 Å². The minimum Gasteiger partial charge on any atom is -0.336 e. The van der Waals surface area contributed by atoms with Crippen molar-refractivity contribution in [3.05, 3.63) is 121 Å². The Hall–Kier alpha value is -5.76. The second-order valence-electron chi connectivity index (χ2n) is 11.6. The van der Waals surface area contributed by atoms with Crippen LogP contribution < -0.4 is 10.6 Å². The van der Waals surface area contributed by atoms with Gasteiger partial charge in [-0.05, 0) is 25.7 Å². The first-order valence-corrected chi connectivity index (χ1v) is 15.7. The Kier molecular flexibility index (Phi) is 8.24. The van der Waals surface area contributed by atoms with E-state index in [1.54, 1.807) is 0 Å². The van der Waals surface area contributed by atoms with Crippen molar-refractivity contribution < 1.29 is 9.59 Å². The van der Waals surface area contributed by atoms with Crippen LogP contribution in [0.5, 0.6) is 0 Å². The van der Waals surface area contributed by atoms with Gasteiger partial charge in [0.05, 0.1) is 11.4 Å². The third-order valence-corrected chi connectivity index (χ3v) is 8.58. The molecule has 1 fully saturated rings. The maximum absolute atomic E-state index is 13.5. The third-order valence-electron chi connectivity index (χ3n) is 8.58. The molecule has 0 atom stereocenters. The van der Waals surface area contributed by atoms with E-state index in [0.717, 1.165) is 33.6 Å². The van der Waals surface area contributed by atoms with Crippen molar-refractivity contribution in [3.8, 4) is 45.3 Å².